The summed E-state index contributed by atoms with van der Waals surface area (Å²) in [4.78, 5) is 16.0. The Morgan fingerprint density at radius 3 is 3.07 bits per heavy atom. The van der Waals surface area contributed by atoms with Gasteiger partial charge in [0, 0.05) is 30.5 Å². The minimum absolute atomic E-state index is 0.119. The van der Waals surface area contributed by atoms with E-state index in [1.807, 2.05) is 23.6 Å². The van der Waals surface area contributed by atoms with Gasteiger partial charge in [0.05, 0.1) is 11.6 Å². The molecule has 1 aromatic carbocycles. The summed E-state index contributed by atoms with van der Waals surface area (Å²) in [7, 11) is 0. The van der Waals surface area contributed by atoms with Gasteiger partial charge in [-0.05, 0) is 57.8 Å². The average molecular weight is 397 g/mol. The maximum absolute atomic E-state index is 12.0. The van der Waals surface area contributed by atoms with Crippen molar-refractivity contribution in [2.24, 2.45) is 0 Å². The van der Waals surface area contributed by atoms with Crippen LogP contribution in [0.25, 0.3) is 17.2 Å². The molecule has 3 aromatic rings. The minimum Gasteiger partial charge on any atom is -0.486 e. The zero-order chi connectivity index (χ0) is 18.6. The summed E-state index contributed by atoms with van der Waals surface area (Å²) in [5.41, 5.74) is 4.20. The van der Waals surface area contributed by atoms with Gasteiger partial charge in [0.25, 0.3) is 0 Å². The fourth-order valence-electron chi connectivity index (χ4n) is 3.02. The number of pyridine rings is 1. The molecule has 1 atom stereocenters. The molecule has 0 saturated carbocycles. The first-order valence-corrected chi connectivity index (χ1v) is 9.89. The van der Waals surface area contributed by atoms with E-state index in [9.17, 15) is 4.79 Å². The predicted octanol–water partition coefficient (Wildman–Crippen LogP) is 4.60. The van der Waals surface area contributed by atoms with Crippen LogP contribution in [0.2, 0.25) is 5.02 Å². The minimum atomic E-state index is -0.163. The Morgan fingerprint density at radius 1 is 1.37 bits per heavy atom. The van der Waals surface area contributed by atoms with Gasteiger partial charge in [-0.15, -0.1) is 0 Å². The van der Waals surface area contributed by atoms with Crippen LogP contribution in [0.3, 0.4) is 0 Å². The Morgan fingerprint density at radius 2 is 2.30 bits per heavy atom. The van der Waals surface area contributed by atoms with Crippen molar-refractivity contribution < 1.29 is 9.53 Å². The predicted molar refractivity (Wildman–Crippen MR) is 109 cm³/mol. The largest absolute Gasteiger partial charge is 0.486 e. The molecule has 27 heavy (non-hydrogen) atoms. The molecule has 0 aliphatic carbocycles. The number of aromatic nitrogens is 1. The van der Waals surface area contributed by atoms with Crippen molar-refractivity contribution in [3.8, 4) is 16.9 Å². The van der Waals surface area contributed by atoms with Crippen LogP contribution < -0.4 is 10.1 Å². The third-order valence-corrected chi connectivity index (χ3v) is 5.29. The number of thiophene rings is 1. The third-order valence-electron chi connectivity index (χ3n) is 4.32. The molecule has 0 spiro atoms. The zero-order valence-corrected chi connectivity index (χ0v) is 16.0. The van der Waals surface area contributed by atoms with Crippen molar-refractivity contribution in [3.63, 3.8) is 0 Å². The summed E-state index contributed by atoms with van der Waals surface area (Å²) in [6.07, 6.45) is 7.23. The van der Waals surface area contributed by atoms with Crippen molar-refractivity contribution in [2.45, 2.75) is 12.5 Å². The zero-order valence-electron chi connectivity index (χ0n) is 14.4. The molecule has 1 aliphatic heterocycles. The molecule has 0 saturated heterocycles. The normalized spacial score (nSPS) is 15.5. The molecule has 1 amide bonds. The Labute approximate surface area is 166 Å². The van der Waals surface area contributed by atoms with Crippen LogP contribution in [0.1, 0.15) is 11.1 Å². The fourth-order valence-corrected chi connectivity index (χ4v) is 3.97. The van der Waals surface area contributed by atoms with Crippen molar-refractivity contribution in [2.75, 3.05) is 6.54 Å². The smallest absolute Gasteiger partial charge is 0.244 e. The van der Waals surface area contributed by atoms with Crippen molar-refractivity contribution in [3.05, 3.63) is 75.7 Å². The molecule has 1 N–H and O–H groups in total. The first-order valence-electron chi connectivity index (χ1n) is 8.56. The SMILES string of the molecule is O=C(/C=C/c1cccnc1)NC[C@H]1Cc2cc(-c3ccsc3)cc(Cl)c2O1. The molecule has 0 unspecified atom stereocenters. The summed E-state index contributed by atoms with van der Waals surface area (Å²) < 4.78 is 5.95. The van der Waals surface area contributed by atoms with Crippen LogP contribution in [0.4, 0.5) is 0 Å². The van der Waals surface area contributed by atoms with Crippen LogP contribution in [0.15, 0.2) is 59.6 Å². The number of nitrogens with zero attached hydrogens (tertiary/aromatic N) is 1. The molecule has 136 valence electrons. The van der Waals surface area contributed by atoms with Crippen molar-refractivity contribution in [1.82, 2.24) is 10.3 Å². The molecule has 0 bridgehead atoms. The summed E-state index contributed by atoms with van der Waals surface area (Å²) >= 11 is 8.07. The van der Waals surface area contributed by atoms with E-state index in [0.717, 1.165) is 34.4 Å². The van der Waals surface area contributed by atoms with E-state index in [-0.39, 0.29) is 12.0 Å². The van der Waals surface area contributed by atoms with Crippen molar-refractivity contribution >= 4 is 34.9 Å². The Kier molecular flexibility index (Phi) is 5.23. The molecular weight excluding hydrogens is 380 g/mol. The molecule has 3 heterocycles. The van der Waals surface area contributed by atoms with Gasteiger partial charge in [-0.1, -0.05) is 17.7 Å². The third kappa shape index (κ3) is 4.21. The summed E-state index contributed by atoms with van der Waals surface area (Å²) in [6.45, 7) is 0.426. The number of nitrogens with one attached hydrogen (secondary N) is 1. The van der Waals surface area contributed by atoms with E-state index in [1.54, 1.807) is 29.8 Å². The van der Waals surface area contributed by atoms with Gasteiger partial charge in [-0.25, -0.2) is 0 Å². The van der Waals surface area contributed by atoms with E-state index in [2.05, 4.69) is 27.8 Å². The number of benzene rings is 1. The molecule has 2 aromatic heterocycles. The first-order chi connectivity index (χ1) is 13.2. The molecule has 0 fully saturated rings. The Hall–Kier alpha value is -2.63. The molecule has 1 aliphatic rings. The van der Waals surface area contributed by atoms with Gasteiger partial charge in [-0.2, -0.15) is 11.3 Å². The second-order valence-electron chi connectivity index (χ2n) is 6.27. The fraction of sp³-hybridized carbons (Fsp3) is 0.143. The second-order valence-corrected chi connectivity index (χ2v) is 7.45. The number of hydrogen-bond acceptors (Lipinski definition) is 4. The lowest BCUT2D eigenvalue weighted by atomic mass is 10.0. The number of carbonyl (C=O) groups excluding carboxylic acids is 1. The lowest BCUT2D eigenvalue weighted by Crippen LogP contribution is -2.33. The number of ether oxygens (including phenoxy) is 1. The van der Waals surface area contributed by atoms with Gasteiger partial charge in [-0.3, -0.25) is 9.78 Å². The second kappa shape index (κ2) is 7.94. The van der Waals surface area contributed by atoms with Crippen molar-refractivity contribution in [1.29, 1.82) is 0 Å². The highest BCUT2D eigenvalue weighted by Gasteiger charge is 2.26. The first kappa shape index (κ1) is 17.8. The molecule has 4 nitrogen and oxygen atoms in total. The van der Waals surface area contributed by atoms with E-state index >= 15 is 0 Å². The van der Waals surface area contributed by atoms with Gasteiger partial charge in [0.1, 0.15) is 11.9 Å². The average Bonchev–Trinajstić information content (AvgIpc) is 3.35. The highest BCUT2D eigenvalue weighted by molar-refractivity contribution is 7.08. The van der Waals surface area contributed by atoms with Gasteiger partial charge >= 0.3 is 0 Å². The molecule has 0 radical (unpaired) electrons. The van der Waals surface area contributed by atoms with E-state index in [4.69, 9.17) is 16.3 Å². The summed E-state index contributed by atoms with van der Waals surface area (Å²) in [5, 5.41) is 7.63. The highest BCUT2D eigenvalue weighted by Crippen LogP contribution is 2.39. The number of fused-ring (bicyclic) bond motifs is 1. The maximum atomic E-state index is 12.0. The van der Waals surface area contributed by atoms with Crippen LogP contribution in [0.5, 0.6) is 5.75 Å². The maximum Gasteiger partial charge on any atom is 0.244 e. The lowest BCUT2D eigenvalue weighted by molar-refractivity contribution is -0.116. The monoisotopic (exact) mass is 396 g/mol. The number of halogens is 1. The molecular formula is C21H17ClN2O2S. The number of carbonyl (C=O) groups is 1. The standard InChI is InChI=1S/C21H17ClN2O2S/c22-19-10-16(15-5-7-27-13-15)8-17-9-18(26-21(17)19)12-24-20(25)4-3-14-2-1-6-23-11-14/h1-8,10-11,13,18H,9,12H2,(H,24,25)/b4-3+/t18-/m1/s1. The van der Waals surface area contributed by atoms with Gasteiger partial charge in [0.2, 0.25) is 5.91 Å². The summed E-state index contributed by atoms with van der Waals surface area (Å²) in [5.74, 6) is 0.560. The lowest BCUT2D eigenvalue weighted by Gasteiger charge is -2.11. The van der Waals surface area contributed by atoms with Gasteiger partial charge < -0.3 is 10.1 Å². The van der Waals surface area contributed by atoms with Gasteiger partial charge in [0.15, 0.2) is 0 Å². The van der Waals surface area contributed by atoms with Crippen LogP contribution in [-0.2, 0) is 11.2 Å². The van der Waals surface area contributed by atoms with E-state index < -0.39 is 0 Å². The quantitative estimate of drug-likeness (QED) is 0.641. The Balaban J connectivity index is 1.37. The van der Waals surface area contributed by atoms with E-state index in [1.165, 1.54) is 6.08 Å². The number of rotatable bonds is 5. The molecule has 4 rings (SSSR count). The topological polar surface area (TPSA) is 51.2 Å². The van der Waals surface area contributed by atoms with Crippen LogP contribution >= 0.6 is 22.9 Å². The van der Waals surface area contributed by atoms with Crippen LogP contribution in [-0.4, -0.2) is 23.5 Å². The van der Waals surface area contributed by atoms with E-state index in [0.29, 0.717) is 11.6 Å². The highest BCUT2D eigenvalue weighted by atomic mass is 35.5. The van der Waals surface area contributed by atoms with Crippen LogP contribution in [0, 0.1) is 0 Å². The Bertz CT molecular complexity index is 971. The number of amides is 1. The number of hydrogen-bond donors (Lipinski definition) is 1. The summed E-state index contributed by atoms with van der Waals surface area (Å²) in [6, 6.07) is 9.84. The molecule has 6 heteroatoms.